The molecule has 1 saturated heterocycles. The minimum Gasteiger partial charge on any atom is -0.465 e. The summed E-state index contributed by atoms with van der Waals surface area (Å²) in [6.45, 7) is 10.7. The summed E-state index contributed by atoms with van der Waals surface area (Å²) in [5, 5.41) is 12.7. The zero-order valence-electron chi connectivity index (χ0n) is 10.8. The van der Waals surface area contributed by atoms with Gasteiger partial charge in [-0.05, 0) is 11.8 Å². The molecule has 0 aromatic heterocycles. The molecule has 2 N–H and O–H groups in total. The van der Waals surface area contributed by atoms with E-state index in [0.717, 1.165) is 19.5 Å². The zero-order valence-corrected chi connectivity index (χ0v) is 10.8. The highest BCUT2D eigenvalue weighted by Crippen LogP contribution is 2.35. The van der Waals surface area contributed by atoms with E-state index in [1.807, 2.05) is 0 Å². The third-order valence-electron chi connectivity index (χ3n) is 4.12. The van der Waals surface area contributed by atoms with Crippen LogP contribution in [0.4, 0.5) is 4.79 Å². The van der Waals surface area contributed by atoms with Crippen molar-refractivity contribution in [3.05, 3.63) is 0 Å². The van der Waals surface area contributed by atoms with Crippen molar-refractivity contribution >= 4 is 6.09 Å². The standard InChI is InChI=1S/C12H24N2O2/c1-5-10(4)12(9(2)3)8-13-6-7-14(12)11(15)16/h9-10,13H,5-8H2,1-4H3,(H,15,16)/t10?,12-/m0/s1. The minimum absolute atomic E-state index is 0.251. The number of rotatable bonds is 3. The number of hydrogen-bond donors (Lipinski definition) is 2. The van der Waals surface area contributed by atoms with Gasteiger partial charge < -0.3 is 10.4 Å². The molecule has 1 aliphatic rings. The SMILES string of the molecule is CCC(C)[C@@]1(C(C)C)CNCCN1C(=O)O. The van der Waals surface area contributed by atoms with Gasteiger partial charge in [0.1, 0.15) is 0 Å². The second-order valence-corrected chi connectivity index (χ2v) is 5.07. The molecule has 2 atom stereocenters. The van der Waals surface area contributed by atoms with E-state index in [1.165, 1.54) is 0 Å². The first-order chi connectivity index (χ1) is 7.46. The Hall–Kier alpha value is -0.770. The lowest BCUT2D eigenvalue weighted by Gasteiger charge is -2.52. The highest BCUT2D eigenvalue weighted by Gasteiger charge is 2.47. The Kier molecular flexibility index (Phi) is 4.19. The molecule has 0 saturated carbocycles. The first kappa shape index (κ1) is 13.3. The first-order valence-corrected chi connectivity index (χ1v) is 6.18. The number of nitrogens with one attached hydrogen (secondary N) is 1. The van der Waals surface area contributed by atoms with E-state index >= 15 is 0 Å². The van der Waals surface area contributed by atoms with E-state index in [4.69, 9.17) is 0 Å². The molecule has 0 radical (unpaired) electrons. The fourth-order valence-electron chi connectivity index (χ4n) is 2.94. The summed E-state index contributed by atoms with van der Waals surface area (Å²) in [7, 11) is 0. The summed E-state index contributed by atoms with van der Waals surface area (Å²) in [4.78, 5) is 13.0. The number of nitrogens with zero attached hydrogens (tertiary/aromatic N) is 1. The van der Waals surface area contributed by atoms with Crippen molar-refractivity contribution in [3.63, 3.8) is 0 Å². The summed E-state index contributed by atoms with van der Waals surface area (Å²) < 4.78 is 0. The third-order valence-corrected chi connectivity index (χ3v) is 4.12. The molecule has 16 heavy (non-hydrogen) atoms. The maximum atomic E-state index is 11.4. The fraction of sp³-hybridized carbons (Fsp3) is 0.917. The Labute approximate surface area is 98.0 Å². The lowest BCUT2D eigenvalue weighted by Crippen LogP contribution is -2.68. The van der Waals surface area contributed by atoms with Crippen LogP contribution in [-0.2, 0) is 0 Å². The van der Waals surface area contributed by atoms with Crippen LogP contribution in [0, 0.1) is 11.8 Å². The van der Waals surface area contributed by atoms with Crippen molar-refractivity contribution in [1.29, 1.82) is 0 Å². The zero-order chi connectivity index (χ0) is 12.3. The highest BCUT2D eigenvalue weighted by atomic mass is 16.4. The summed E-state index contributed by atoms with van der Waals surface area (Å²) in [6.07, 6.45) is 0.222. The van der Waals surface area contributed by atoms with Crippen molar-refractivity contribution in [1.82, 2.24) is 10.2 Å². The summed E-state index contributed by atoms with van der Waals surface area (Å²) in [5.41, 5.74) is -0.251. The molecule has 94 valence electrons. The Balaban J connectivity index is 3.07. The van der Waals surface area contributed by atoms with E-state index in [9.17, 15) is 9.90 Å². The monoisotopic (exact) mass is 228 g/mol. The fourth-order valence-corrected chi connectivity index (χ4v) is 2.94. The normalized spacial score (nSPS) is 28.2. The van der Waals surface area contributed by atoms with Crippen LogP contribution in [0.15, 0.2) is 0 Å². The van der Waals surface area contributed by atoms with Crippen LogP contribution >= 0.6 is 0 Å². The Morgan fingerprint density at radius 1 is 1.50 bits per heavy atom. The average molecular weight is 228 g/mol. The van der Waals surface area contributed by atoms with Crippen molar-refractivity contribution in [2.45, 2.75) is 39.7 Å². The van der Waals surface area contributed by atoms with Gasteiger partial charge in [0.2, 0.25) is 0 Å². The quantitative estimate of drug-likeness (QED) is 0.777. The molecule has 0 bridgehead atoms. The maximum absolute atomic E-state index is 11.4. The molecule has 0 aromatic rings. The Bertz CT molecular complexity index is 255. The molecule has 0 aliphatic carbocycles. The molecule has 0 aromatic carbocycles. The van der Waals surface area contributed by atoms with Crippen LogP contribution < -0.4 is 5.32 Å². The van der Waals surface area contributed by atoms with Crippen LogP contribution in [0.25, 0.3) is 0 Å². The smallest absolute Gasteiger partial charge is 0.407 e. The number of amides is 1. The van der Waals surface area contributed by atoms with Crippen LogP contribution in [0.2, 0.25) is 0 Å². The second-order valence-electron chi connectivity index (χ2n) is 5.07. The molecular weight excluding hydrogens is 204 g/mol. The molecular formula is C12H24N2O2. The predicted octanol–water partition coefficient (Wildman–Crippen LogP) is 2.01. The van der Waals surface area contributed by atoms with Gasteiger partial charge in [-0.2, -0.15) is 0 Å². The van der Waals surface area contributed by atoms with Gasteiger partial charge in [-0.15, -0.1) is 0 Å². The molecule has 1 amide bonds. The Morgan fingerprint density at radius 2 is 2.12 bits per heavy atom. The summed E-state index contributed by atoms with van der Waals surface area (Å²) in [6, 6.07) is 0. The van der Waals surface area contributed by atoms with Crippen molar-refractivity contribution in [2.75, 3.05) is 19.6 Å². The largest absolute Gasteiger partial charge is 0.465 e. The van der Waals surface area contributed by atoms with E-state index < -0.39 is 6.09 Å². The summed E-state index contributed by atoms with van der Waals surface area (Å²) in [5.74, 6) is 0.697. The highest BCUT2D eigenvalue weighted by molar-refractivity contribution is 5.66. The minimum atomic E-state index is -0.782. The number of hydrogen-bond acceptors (Lipinski definition) is 2. The van der Waals surface area contributed by atoms with Crippen LogP contribution in [0.1, 0.15) is 34.1 Å². The molecule has 1 rings (SSSR count). The van der Waals surface area contributed by atoms with Crippen LogP contribution in [0.3, 0.4) is 0 Å². The molecule has 1 heterocycles. The molecule has 1 fully saturated rings. The van der Waals surface area contributed by atoms with Gasteiger partial charge in [0.15, 0.2) is 0 Å². The number of carboxylic acid groups (broad SMARTS) is 1. The molecule has 1 aliphatic heterocycles. The van der Waals surface area contributed by atoms with E-state index in [0.29, 0.717) is 18.4 Å². The Morgan fingerprint density at radius 3 is 2.56 bits per heavy atom. The van der Waals surface area contributed by atoms with Crippen molar-refractivity contribution in [3.8, 4) is 0 Å². The van der Waals surface area contributed by atoms with Gasteiger partial charge in [-0.1, -0.05) is 34.1 Å². The topological polar surface area (TPSA) is 52.6 Å². The van der Waals surface area contributed by atoms with E-state index in [-0.39, 0.29) is 5.54 Å². The van der Waals surface area contributed by atoms with Crippen molar-refractivity contribution < 1.29 is 9.90 Å². The molecule has 4 heteroatoms. The van der Waals surface area contributed by atoms with Gasteiger partial charge >= 0.3 is 6.09 Å². The number of carbonyl (C=O) groups is 1. The van der Waals surface area contributed by atoms with Gasteiger partial charge in [0, 0.05) is 19.6 Å². The van der Waals surface area contributed by atoms with Crippen molar-refractivity contribution in [2.24, 2.45) is 11.8 Å². The lowest BCUT2D eigenvalue weighted by molar-refractivity contribution is -0.0104. The molecule has 0 spiro atoms. The third kappa shape index (κ3) is 2.03. The van der Waals surface area contributed by atoms with E-state index in [2.05, 4.69) is 33.0 Å². The maximum Gasteiger partial charge on any atom is 0.407 e. The van der Waals surface area contributed by atoms with Gasteiger partial charge in [0.25, 0.3) is 0 Å². The average Bonchev–Trinajstić information content (AvgIpc) is 2.27. The van der Waals surface area contributed by atoms with E-state index in [1.54, 1.807) is 4.90 Å². The molecule has 1 unspecified atom stereocenters. The predicted molar refractivity (Wildman–Crippen MR) is 64.6 cm³/mol. The van der Waals surface area contributed by atoms with Gasteiger partial charge in [-0.25, -0.2) is 4.79 Å². The van der Waals surface area contributed by atoms with Gasteiger partial charge in [-0.3, -0.25) is 4.90 Å². The van der Waals surface area contributed by atoms with Gasteiger partial charge in [0.05, 0.1) is 5.54 Å². The van der Waals surface area contributed by atoms with Crippen LogP contribution in [-0.4, -0.2) is 41.3 Å². The lowest BCUT2D eigenvalue weighted by atomic mass is 9.72. The summed E-state index contributed by atoms with van der Waals surface area (Å²) >= 11 is 0. The molecule has 4 nitrogen and oxygen atoms in total. The van der Waals surface area contributed by atoms with Crippen LogP contribution in [0.5, 0.6) is 0 Å². The first-order valence-electron chi connectivity index (χ1n) is 6.18. The number of piperazine rings is 1. The second kappa shape index (κ2) is 5.04.